The van der Waals surface area contributed by atoms with E-state index in [1.54, 1.807) is 0 Å². The summed E-state index contributed by atoms with van der Waals surface area (Å²) in [5.41, 5.74) is 0. The van der Waals surface area contributed by atoms with Gasteiger partial charge in [0, 0.05) is 6.08 Å². The number of aldehydes is 1. The first-order valence-corrected chi connectivity index (χ1v) is 3.45. The largest absolute Gasteiger partial charge is 0.497 e. The lowest BCUT2D eigenvalue weighted by Gasteiger charge is -2.25. The summed E-state index contributed by atoms with van der Waals surface area (Å²) >= 11 is 0. The Bertz CT molecular complexity index is 239. The van der Waals surface area contributed by atoms with Gasteiger partial charge in [0.1, 0.15) is 12.0 Å². The van der Waals surface area contributed by atoms with Crippen LogP contribution in [0.25, 0.3) is 0 Å². The van der Waals surface area contributed by atoms with Crippen LogP contribution in [0.1, 0.15) is 0 Å². The zero-order valence-corrected chi connectivity index (χ0v) is 6.60. The quantitative estimate of drug-likeness (QED) is 0.436. The van der Waals surface area contributed by atoms with Gasteiger partial charge in [0.15, 0.2) is 5.79 Å². The molecule has 1 aliphatic rings. The first-order chi connectivity index (χ1) is 5.60. The SMILES string of the molecule is COC1=CC(O)(O)C(C=O)C=C1. The molecule has 0 spiro atoms. The van der Waals surface area contributed by atoms with Gasteiger partial charge in [-0.2, -0.15) is 0 Å². The maximum absolute atomic E-state index is 10.3. The van der Waals surface area contributed by atoms with Crippen LogP contribution in [0.2, 0.25) is 0 Å². The molecule has 12 heavy (non-hydrogen) atoms. The fourth-order valence-corrected chi connectivity index (χ4v) is 0.966. The molecular formula is C8H10O4. The van der Waals surface area contributed by atoms with Crippen LogP contribution in [0.3, 0.4) is 0 Å². The molecule has 0 aromatic heterocycles. The number of rotatable bonds is 2. The Labute approximate surface area is 69.8 Å². The standard InChI is InChI=1S/C8H10O4/c1-12-7-3-2-6(5-9)8(10,11)4-7/h2-6,10-11H,1H3. The molecule has 0 fully saturated rings. The molecule has 4 nitrogen and oxygen atoms in total. The van der Waals surface area contributed by atoms with E-state index in [1.165, 1.54) is 19.3 Å². The summed E-state index contributed by atoms with van der Waals surface area (Å²) in [5.74, 6) is -2.71. The number of allylic oxidation sites excluding steroid dienone is 1. The van der Waals surface area contributed by atoms with Crippen molar-refractivity contribution in [2.45, 2.75) is 5.79 Å². The van der Waals surface area contributed by atoms with Crippen LogP contribution in [0.15, 0.2) is 24.0 Å². The van der Waals surface area contributed by atoms with Crippen LogP contribution in [0.5, 0.6) is 0 Å². The summed E-state index contributed by atoms with van der Waals surface area (Å²) in [5, 5.41) is 18.5. The normalized spacial score (nSPS) is 26.2. The third-order valence-electron chi connectivity index (χ3n) is 1.70. The molecule has 0 heterocycles. The van der Waals surface area contributed by atoms with Crippen molar-refractivity contribution < 1.29 is 19.7 Å². The molecule has 0 aliphatic heterocycles. The van der Waals surface area contributed by atoms with Crippen LogP contribution in [0.4, 0.5) is 0 Å². The van der Waals surface area contributed by atoms with E-state index in [0.717, 1.165) is 6.08 Å². The minimum atomic E-state index is -2.12. The van der Waals surface area contributed by atoms with Crippen molar-refractivity contribution in [2.24, 2.45) is 5.92 Å². The van der Waals surface area contributed by atoms with Crippen molar-refractivity contribution in [1.29, 1.82) is 0 Å². The maximum Gasteiger partial charge on any atom is 0.199 e. The van der Waals surface area contributed by atoms with Gasteiger partial charge in [-0.3, -0.25) is 0 Å². The van der Waals surface area contributed by atoms with Gasteiger partial charge < -0.3 is 19.7 Å². The van der Waals surface area contributed by atoms with Gasteiger partial charge in [0.25, 0.3) is 0 Å². The molecule has 0 saturated carbocycles. The molecule has 1 rings (SSSR count). The summed E-state index contributed by atoms with van der Waals surface area (Å²) in [7, 11) is 1.41. The third kappa shape index (κ3) is 1.54. The van der Waals surface area contributed by atoms with Crippen molar-refractivity contribution in [1.82, 2.24) is 0 Å². The van der Waals surface area contributed by atoms with Crippen molar-refractivity contribution in [3.05, 3.63) is 24.0 Å². The van der Waals surface area contributed by atoms with Crippen molar-refractivity contribution in [2.75, 3.05) is 7.11 Å². The topological polar surface area (TPSA) is 66.8 Å². The Kier molecular flexibility index (Phi) is 2.30. The Morgan fingerprint density at radius 3 is 2.75 bits per heavy atom. The van der Waals surface area contributed by atoms with Crippen LogP contribution in [-0.4, -0.2) is 29.4 Å². The number of hydrogen-bond donors (Lipinski definition) is 2. The van der Waals surface area contributed by atoms with Gasteiger partial charge in [-0.05, 0) is 6.08 Å². The molecular weight excluding hydrogens is 160 g/mol. The number of carbonyl (C=O) groups excluding carboxylic acids is 1. The zero-order valence-electron chi connectivity index (χ0n) is 6.60. The summed E-state index contributed by atoms with van der Waals surface area (Å²) in [6.07, 6.45) is 4.46. The second kappa shape index (κ2) is 3.08. The third-order valence-corrected chi connectivity index (χ3v) is 1.70. The summed E-state index contributed by atoms with van der Waals surface area (Å²) in [6, 6.07) is 0. The lowest BCUT2D eigenvalue weighted by molar-refractivity contribution is -0.156. The molecule has 0 aromatic rings. The highest BCUT2D eigenvalue weighted by Crippen LogP contribution is 2.23. The molecule has 2 N–H and O–H groups in total. The van der Waals surface area contributed by atoms with Gasteiger partial charge in [-0.25, -0.2) is 0 Å². The van der Waals surface area contributed by atoms with Gasteiger partial charge in [-0.15, -0.1) is 0 Å². The second-order valence-electron chi connectivity index (χ2n) is 2.55. The van der Waals surface area contributed by atoms with E-state index in [2.05, 4.69) is 0 Å². The number of methoxy groups -OCH3 is 1. The summed E-state index contributed by atoms with van der Waals surface area (Å²) in [4.78, 5) is 10.3. The van der Waals surface area contributed by atoms with E-state index in [9.17, 15) is 15.0 Å². The average molecular weight is 170 g/mol. The highest BCUT2D eigenvalue weighted by molar-refractivity contribution is 5.60. The average Bonchev–Trinajstić information content (AvgIpc) is 2.02. The lowest BCUT2D eigenvalue weighted by atomic mass is 9.95. The van der Waals surface area contributed by atoms with E-state index in [4.69, 9.17) is 4.74 Å². The van der Waals surface area contributed by atoms with E-state index < -0.39 is 11.7 Å². The first-order valence-electron chi connectivity index (χ1n) is 3.45. The van der Waals surface area contributed by atoms with Gasteiger partial charge in [-0.1, -0.05) is 6.08 Å². The molecule has 0 amide bonds. The Morgan fingerprint density at radius 2 is 2.33 bits per heavy atom. The smallest absolute Gasteiger partial charge is 0.199 e. The predicted molar refractivity (Wildman–Crippen MR) is 41.0 cm³/mol. The molecule has 0 aromatic carbocycles. The molecule has 4 heteroatoms. The van der Waals surface area contributed by atoms with Crippen LogP contribution < -0.4 is 0 Å². The maximum atomic E-state index is 10.3. The molecule has 1 atom stereocenters. The number of aliphatic hydroxyl groups is 2. The Balaban J connectivity index is 2.90. The summed E-state index contributed by atoms with van der Waals surface area (Å²) < 4.78 is 4.76. The Morgan fingerprint density at radius 1 is 1.67 bits per heavy atom. The van der Waals surface area contributed by atoms with Crippen LogP contribution in [0, 0.1) is 5.92 Å². The zero-order chi connectivity index (χ0) is 9.19. The fraction of sp³-hybridized carbons (Fsp3) is 0.375. The molecule has 1 aliphatic carbocycles. The van der Waals surface area contributed by atoms with Crippen molar-refractivity contribution in [3.63, 3.8) is 0 Å². The summed E-state index contributed by atoms with van der Waals surface area (Å²) in [6.45, 7) is 0. The van der Waals surface area contributed by atoms with E-state index in [1.807, 2.05) is 0 Å². The van der Waals surface area contributed by atoms with Gasteiger partial charge >= 0.3 is 0 Å². The number of carbonyl (C=O) groups is 1. The molecule has 1 unspecified atom stereocenters. The van der Waals surface area contributed by atoms with Crippen molar-refractivity contribution >= 4 is 6.29 Å². The highest BCUT2D eigenvalue weighted by atomic mass is 16.5. The van der Waals surface area contributed by atoms with E-state index in [-0.39, 0.29) is 0 Å². The van der Waals surface area contributed by atoms with Gasteiger partial charge in [0.2, 0.25) is 0 Å². The molecule has 0 saturated heterocycles. The second-order valence-corrected chi connectivity index (χ2v) is 2.55. The van der Waals surface area contributed by atoms with Crippen molar-refractivity contribution in [3.8, 4) is 0 Å². The minimum absolute atomic E-state index is 0.332. The van der Waals surface area contributed by atoms with E-state index >= 15 is 0 Å². The molecule has 0 radical (unpaired) electrons. The molecule has 66 valence electrons. The fourth-order valence-electron chi connectivity index (χ4n) is 0.966. The van der Waals surface area contributed by atoms with Gasteiger partial charge in [0.05, 0.1) is 13.0 Å². The minimum Gasteiger partial charge on any atom is -0.497 e. The Hall–Kier alpha value is -1.13. The van der Waals surface area contributed by atoms with E-state index in [0.29, 0.717) is 12.0 Å². The predicted octanol–water partition coefficient (Wildman–Crippen LogP) is -0.418. The van der Waals surface area contributed by atoms with Crippen LogP contribution >= 0.6 is 0 Å². The van der Waals surface area contributed by atoms with Crippen LogP contribution in [-0.2, 0) is 9.53 Å². The molecule has 0 bridgehead atoms. The first kappa shape index (κ1) is 8.96. The number of hydrogen-bond acceptors (Lipinski definition) is 4. The lowest BCUT2D eigenvalue weighted by Crippen LogP contribution is -2.37. The highest BCUT2D eigenvalue weighted by Gasteiger charge is 2.33. The number of ether oxygens (including phenoxy) is 1. The monoisotopic (exact) mass is 170 g/mol.